The molecule has 5 heteroatoms. The van der Waals surface area contributed by atoms with Crippen LogP contribution in [0.4, 0.5) is 4.79 Å². The average molecular weight is 426 g/mol. The van der Waals surface area contributed by atoms with Crippen molar-refractivity contribution in [2.75, 3.05) is 19.8 Å². The zero-order chi connectivity index (χ0) is 22.1. The molecule has 0 unspecified atom stereocenters. The number of hydrogen-bond donors (Lipinski definition) is 1. The molecule has 0 aliphatic heterocycles. The van der Waals surface area contributed by atoms with E-state index in [1.54, 1.807) is 0 Å². The highest BCUT2D eigenvalue weighted by Gasteiger charge is 2.05. The molecule has 0 atom stereocenters. The minimum absolute atomic E-state index is 0.162. The first kappa shape index (κ1) is 28.5. The summed E-state index contributed by atoms with van der Waals surface area (Å²) in [5.41, 5.74) is 0. The van der Waals surface area contributed by atoms with E-state index in [0.717, 1.165) is 12.8 Å². The van der Waals surface area contributed by atoms with Crippen LogP contribution in [0.15, 0.2) is 12.7 Å². The number of rotatable bonds is 22. The van der Waals surface area contributed by atoms with Crippen molar-refractivity contribution >= 4 is 12.1 Å². The van der Waals surface area contributed by atoms with Crippen LogP contribution in [0.5, 0.6) is 0 Å². The van der Waals surface area contributed by atoms with Crippen molar-refractivity contribution in [3.63, 3.8) is 0 Å². The maximum absolute atomic E-state index is 11.6. The highest BCUT2D eigenvalue weighted by atomic mass is 16.5. The highest BCUT2D eigenvalue weighted by molar-refractivity contribution is 5.71. The summed E-state index contributed by atoms with van der Waals surface area (Å²) in [4.78, 5) is 22.7. The molecular formula is C25H47NO4. The Hall–Kier alpha value is -1.52. The van der Waals surface area contributed by atoms with Crippen LogP contribution in [0.3, 0.4) is 0 Å². The number of hydrogen-bond acceptors (Lipinski definition) is 4. The fourth-order valence-corrected chi connectivity index (χ4v) is 3.36. The van der Waals surface area contributed by atoms with E-state index in [9.17, 15) is 9.59 Å². The molecule has 0 fully saturated rings. The van der Waals surface area contributed by atoms with Gasteiger partial charge in [0.05, 0.1) is 13.0 Å². The van der Waals surface area contributed by atoms with Crippen molar-refractivity contribution in [3.05, 3.63) is 12.7 Å². The SMILES string of the molecule is C=CCOC(=O)NCCC(=O)OCCCCCCCCCCCCCCCCCC. The quantitative estimate of drug-likeness (QED) is 0.114. The Morgan fingerprint density at radius 2 is 1.20 bits per heavy atom. The molecule has 1 N–H and O–H groups in total. The van der Waals surface area contributed by atoms with Crippen molar-refractivity contribution in [2.45, 2.75) is 116 Å². The van der Waals surface area contributed by atoms with Crippen LogP contribution in [-0.2, 0) is 14.3 Å². The second kappa shape index (κ2) is 23.8. The number of carbonyl (C=O) groups excluding carboxylic acids is 2. The van der Waals surface area contributed by atoms with Crippen LogP contribution in [0.1, 0.15) is 116 Å². The van der Waals surface area contributed by atoms with E-state index in [-0.39, 0.29) is 25.5 Å². The summed E-state index contributed by atoms with van der Waals surface area (Å²) < 4.78 is 9.93. The molecule has 0 radical (unpaired) electrons. The molecule has 30 heavy (non-hydrogen) atoms. The van der Waals surface area contributed by atoms with Gasteiger partial charge in [0, 0.05) is 6.54 Å². The normalized spacial score (nSPS) is 10.6. The van der Waals surface area contributed by atoms with Crippen molar-refractivity contribution < 1.29 is 19.1 Å². The lowest BCUT2D eigenvalue weighted by molar-refractivity contribution is -0.143. The largest absolute Gasteiger partial charge is 0.466 e. The number of amides is 1. The van der Waals surface area contributed by atoms with Crippen LogP contribution in [0.2, 0.25) is 0 Å². The van der Waals surface area contributed by atoms with Gasteiger partial charge >= 0.3 is 12.1 Å². The summed E-state index contributed by atoms with van der Waals surface area (Å²) in [5, 5.41) is 2.50. The van der Waals surface area contributed by atoms with Gasteiger partial charge in [-0.25, -0.2) is 4.79 Å². The smallest absolute Gasteiger partial charge is 0.407 e. The highest BCUT2D eigenvalue weighted by Crippen LogP contribution is 2.13. The zero-order valence-electron chi connectivity index (χ0n) is 19.6. The lowest BCUT2D eigenvalue weighted by Crippen LogP contribution is -2.27. The van der Waals surface area contributed by atoms with E-state index < -0.39 is 6.09 Å². The van der Waals surface area contributed by atoms with E-state index in [1.165, 1.54) is 96.0 Å². The van der Waals surface area contributed by atoms with Crippen LogP contribution >= 0.6 is 0 Å². The first-order valence-corrected chi connectivity index (χ1v) is 12.4. The molecular weight excluding hydrogens is 378 g/mol. The standard InChI is InChI=1S/C25H47NO4/c1-3-5-6-7-8-9-10-11-12-13-14-15-16-17-18-19-23-29-24(27)20-21-26-25(28)30-22-4-2/h4H,2-3,5-23H2,1H3,(H,26,28). The van der Waals surface area contributed by atoms with Crippen LogP contribution < -0.4 is 5.32 Å². The average Bonchev–Trinajstić information content (AvgIpc) is 2.74. The maximum Gasteiger partial charge on any atom is 0.407 e. The second-order valence-corrected chi connectivity index (χ2v) is 8.09. The van der Waals surface area contributed by atoms with E-state index in [2.05, 4.69) is 18.8 Å². The third-order valence-electron chi connectivity index (χ3n) is 5.19. The number of esters is 1. The Bertz CT molecular complexity index is 412. The zero-order valence-corrected chi connectivity index (χ0v) is 19.6. The molecule has 0 aromatic carbocycles. The molecule has 0 aliphatic rings. The van der Waals surface area contributed by atoms with Gasteiger partial charge in [-0.05, 0) is 6.42 Å². The number of ether oxygens (including phenoxy) is 2. The summed E-state index contributed by atoms with van der Waals surface area (Å²) in [6, 6.07) is 0. The number of alkyl carbamates (subject to hydrolysis) is 1. The molecule has 0 heterocycles. The van der Waals surface area contributed by atoms with Gasteiger partial charge in [0.1, 0.15) is 6.61 Å². The molecule has 0 spiro atoms. The minimum atomic E-state index is -0.541. The molecule has 0 saturated heterocycles. The molecule has 0 rings (SSSR count). The van der Waals surface area contributed by atoms with Gasteiger partial charge in [-0.2, -0.15) is 0 Å². The van der Waals surface area contributed by atoms with Crippen LogP contribution in [0, 0.1) is 0 Å². The van der Waals surface area contributed by atoms with Crippen molar-refractivity contribution in [3.8, 4) is 0 Å². The summed E-state index contributed by atoms with van der Waals surface area (Å²) in [5.74, 6) is -0.278. The van der Waals surface area contributed by atoms with Gasteiger partial charge in [-0.3, -0.25) is 4.79 Å². The minimum Gasteiger partial charge on any atom is -0.466 e. The summed E-state index contributed by atoms with van der Waals surface area (Å²) in [7, 11) is 0. The molecule has 5 nitrogen and oxygen atoms in total. The van der Waals surface area contributed by atoms with Crippen molar-refractivity contribution in [1.29, 1.82) is 0 Å². The van der Waals surface area contributed by atoms with Crippen molar-refractivity contribution in [1.82, 2.24) is 5.32 Å². The van der Waals surface area contributed by atoms with Gasteiger partial charge in [-0.15, -0.1) is 0 Å². The first-order chi connectivity index (χ1) is 14.7. The Morgan fingerprint density at radius 3 is 1.67 bits per heavy atom. The van der Waals surface area contributed by atoms with E-state index >= 15 is 0 Å². The van der Waals surface area contributed by atoms with Crippen LogP contribution in [-0.4, -0.2) is 31.8 Å². The molecule has 0 bridgehead atoms. The van der Waals surface area contributed by atoms with Gasteiger partial charge in [0.25, 0.3) is 0 Å². The second-order valence-electron chi connectivity index (χ2n) is 8.09. The monoisotopic (exact) mass is 425 g/mol. The lowest BCUT2D eigenvalue weighted by Gasteiger charge is -2.06. The molecule has 1 amide bonds. The third kappa shape index (κ3) is 22.8. The summed E-state index contributed by atoms with van der Waals surface area (Å²) >= 11 is 0. The Kier molecular flexibility index (Phi) is 22.6. The third-order valence-corrected chi connectivity index (χ3v) is 5.19. The van der Waals surface area contributed by atoms with Gasteiger partial charge in [0.15, 0.2) is 0 Å². The Morgan fingerprint density at radius 1 is 0.733 bits per heavy atom. The Labute approximate surface area is 185 Å². The fourth-order valence-electron chi connectivity index (χ4n) is 3.36. The molecule has 0 saturated carbocycles. The summed E-state index contributed by atoms with van der Waals surface area (Å²) in [6.45, 7) is 6.59. The van der Waals surface area contributed by atoms with Gasteiger partial charge in [0.2, 0.25) is 0 Å². The van der Waals surface area contributed by atoms with E-state index in [4.69, 9.17) is 9.47 Å². The fraction of sp³-hybridized carbons (Fsp3) is 0.840. The molecule has 176 valence electrons. The molecule has 0 aromatic heterocycles. The van der Waals surface area contributed by atoms with E-state index in [1.807, 2.05) is 0 Å². The van der Waals surface area contributed by atoms with Crippen molar-refractivity contribution in [2.24, 2.45) is 0 Å². The predicted molar refractivity (Wildman–Crippen MR) is 125 cm³/mol. The van der Waals surface area contributed by atoms with Gasteiger partial charge in [-0.1, -0.05) is 116 Å². The topological polar surface area (TPSA) is 64.6 Å². The molecule has 0 aliphatic carbocycles. The Balaban J connectivity index is 3.19. The first-order valence-electron chi connectivity index (χ1n) is 12.4. The van der Waals surface area contributed by atoms with E-state index in [0.29, 0.717) is 6.61 Å². The molecule has 0 aromatic rings. The number of carbonyl (C=O) groups is 2. The maximum atomic E-state index is 11.6. The lowest BCUT2D eigenvalue weighted by atomic mass is 10.0. The summed E-state index contributed by atoms with van der Waals surface area (Å²) in [6.07, 6.45) is 22.4. The van der Waals surface area contributed by atoms with Gasteiger partial charge < -0.3 is 14.8 Å². The number of nitrogens with one attached hydrogen (secondary N) is 1. The predicted octanol–water partition coefficient (Wildman–Crippen LogP) is 7.09. The van der Waals surface area contributed by atoms with Crippen LogP contribution in [0.25, 0.3) is 0 Å². The number of unbranched alkanes of at least 4 members (excludes halogenated alkanes) is 15.